The highest BCUT2D eigenvalue weighted by atomic mass is 16.5. The lowest BCUT2D eigenvalue weighted by Crippen LogP contribution is -2.39. The van der Waals surface area contributed by atoms with Crippen LogP contribution < -0.4 is 10.1 Å². The van der Waals surface area contributed by atoms with Gasteiger partial charge in [0.15, 0.2) is 6.10 Å². The van der Waals surface area contributed by atoms with Crippen LogP contribution in [0.3, 0.4) is 0 Å². The Labute approximate surface area is 121 Å². The fourth-order valence-corrected chi connectivity index (χ4v) is 2.65. The smallest absolute Gasteiger partial charge is 0.260 e. The van der Waals surface area contributed by atoms with Crippen LogP contribution in [0.25, 0.3) is 0 Å². The highest BCUT2D eigenvalue weighted by molar-refractivity contribution is 5.80. The van der Waals surface area contributed by atoms with Crippen LogP contribution >= 0.6 is 0 Å². The van der Waals surface area contributed by atoms with Gasteiger partial charge in [0.25, 0.3) is 5.91 Å². The summed E-state index contributed by atoms with van der Waals surface area (Å²) in [7, 11) is 0. The highest BCUT2D eigenvalue weighted by Crippen LogP contribution is 2.22. The molecular weight excluding hydrogens is 250 g/mol. The van der Waals surface area contributed by atoms with E-state index in [4.69, 9.17) is 4.74 Å². The zero-order valence-corrected chi connectivity index (χ0v) is 12.5. The second kappa shape index (κ2) is 7.32. The summed E-state index contributed by atoms with van der Waals surface area (Å²) >= 11 is 0. The molecule has 0 spiro atoms. The topological polar surface area (TPSA) is 38.3 Å². The Bertz CT molecular complexity index is 421. The minimum atomic E-state index is -0.443. The van der Waals surface area contributed by atoms with E-state index < -0.39 is 6.10 Å². The number of carbonyl (C=O) groups excluding carboxylic acids is 1. The average molecular weight is 275 g/mol. The van der Waals surface area contributed by atoms with Crippen LogP contribution in [-0.4, -0.2) is 18.6 Å². The summed E-state index contributed by atoms with van der Waals surface area (Å²) in [6.07, 6.45) is 5.99. The van der Waals surface area contributed by atoms with Gasteiger partial charge in [-0.2, -0.15) is 0 Å². The molecule has 0 heterocycles. The number of rotatable bonds is 5. The van der Waals surface area contributed by atoms with Crippen molar-refractivity contribution in [3.05, 3.63) is 29.8 Å². The van der Waals surface area contributed by atoms with E-state index in [1.54, 1.807) is 6.92 Å². The SMILES string of the molecule is Cc1ccc(O[C@@H](C)C(=O)NCC2CCCCC2)cc1. The van der Waals surface area contributed by atoms with E-state index in [0.717, 1.165) is 12.3 Å². The van der Waals surface area contributed by atoms with Gasteiger partial charge in [-0.3, -0.25) is 4.79 Å². The van der Waals surface area contributed by atoms with E-state index >= 15 is 0 Å². The fourth-order valence-electron chi connectivity index (χ4n) is 2.65. The van der Waals surface area contributed by atoms with Crippen LogP contribution in [0.2, 0.25) is 0 Å². The average Bonchev–Trinajstić information content (AvgIpc) is 2.48. The van der Waals surface area contributed by atoms with Gasteiger partial charge < -0.3 is 10.1 Å². The molecule has 1 aliphatic carbocycles. The van der Waals surface area contributed by atoms with Gasteiger partial charge in [-0.25, -0.2) is 0 Å². The first-order valence-electron chi connectivity index (χ1n) is 7.66. The monoisotopic (exact) mass is 275 g/mol. The maximum absolute atomic E-state index is 12.0. The van der Waals surface area contributed by atoms with E-state index in [2.05, 4.69) is 5.32 Å². The van der Waals surface area contributed by atoms with Gasteiger partial charge in [-0.05, 0) is 44.7 Å². The largest absolute Gasteiger partial charge is 0.481 e. The van der Waals surface area contributed by atoms with Crippen molar-refractivity contribution in [2.24, 2.45) is 5.92 Å². The molecule has 1 aromatic carbocycles. The molecule has 3 nitrogen and oxygen atoms in total. The second-order valence-corrected chi connectivity index (χ2v) is 5.82. The lowest BCUT2D eigenvalue weighted by molar-refractivity contribution is -0.127. The van der Waals surface area contributed by atoms with Crippen LogP contribution in [0, 0.1) is 12.8 Å². The van der Waals surface area contributed by atoms with E-state index in [9.17, 15) is 4.79 Å². The van der Waals surface area contributed by atoms with Gasteiger partial charge in [-0.1, -0.05) is 37.0 Å². The van der Waals surface area contributed by atoms with Crippen LogP contribution in [0.4, 0.5) is 0 Å². The van der Waals surface area contributed by atoms with Crippen LogP contribution in [-0.2, 0) is 4.79 Å². The van der Waals surface area contributed by atoms with E-state index in [0.29, 0.717) is 5.92 Å². The van der Waals surface area contributed by atoms with Crippen LogP contribution in [0.5, 0.6) is 5.75 Å². The minimum Gasteiger partial charge on any atom is -0.481 e. The lowest BCUT2D eigenvalue weighted by Gasteiger charge is -2.23. The van der Waals surface area contributed by atoms with Gasteiger partial charge in [0.1, 0.15) is 5.75 Å². The number of ether oxygens (including phenoxy) is 1. The van der Waals surface area contributed by atoms with Crippen LogP contribution in [0.1, 0.15) is 44.6 Å². The molecule has 1 fully saturated rings. The predicted octanol–water partition coefficient (Wildman–Crippen LogP) is 3.46. The third kappa shape index (κ3) is 4.55. The molecule has 1 N–H and O–H groups in total. The summed E-state index contributed by atoms with van der Waals surface area (Å²) in [6, 6.07) is 7.78. The molecule has 0 radical (unpaired) electrons. The Kier molecular flexibility index (Phi) is 5.45. The molecule has 1 aromatic rings. The predicted molar refractivity (Wildman–Crippen MR) is 80.9 cm³/mol. The summed E-state index contributed by atoms with van der Waals surface area (Å²) in [5.41, 5.74) is 1.19. The number of aryl methyl sites for hydroxylation is 1. The van der Waals surface area contributed by atoms with Crippen LogP contribution in [0.15, 0.2) is 24.3 Å². The number of hydrogen-bond donors (Lipinski definition) is 1. The van der Waals surface area contributed by atoms with Gasteiger partial charge in [0.05, 0.1) is 0 Å². The number of nitrogens with one attached hydrogen (secondary N) is 1. The first-order valence-corrected chi connectivity index (χ1v) is 7.66. The molecule has 20 heavy (non-hydrogen) atoms. The lowest BCUT2D eigenvalue weighted by atomic mass is 9.89. The molecule has 2 rings (SSSR count). The fraction of sp³-hybridized carbons (Fsp3) is 0.588. The van der Waals surface area contributed by atoms with Gasteiger partial charge >= 0.3 is 0 Å². The van der Waals surface area contributed by atoms with Crippen molar-refractivity contribution >= 4 is 5.91 Å². The first kappa shape index (κ1) is 14.9. The van der Waals surface area contributed by atoms with Crippen molar-refractivity contribution in [2.45, 2.75) is 52.1 Å². The molecule has 0 bridgehead atoms. The van der Waals surface area contributed by atoms with Crippen molar-refractivity contribution in [1.29, 1.82) is 0 Å². The molecule has 0 unspecified atom stereocenters. The number of carbonyl (C=O) groups is 1. The quantitative estimate of drug-likeness (QED) is 0.893. The Morgan fingerprint density at radius 1 is 1.25 bits per heavy atom. The maximum Gasteiger partial charge on any atom is 0.260 e. The normalized spacial score (nSPS) is 17.5. The molecule has 3 heteroatoms. The third-order valence-corrected chi connectivity index (χ3v) is 3.99. The molecule has 0 aromatic heterocycles. The standard InChI is InChI=1S/C17H25NO2/c1-13-8-10-16(11-9-13)20-14(2)17(19)18-12-15-6-4-3-5-7-15/h8-11,14-15H,3-7,12H2,1-2H3,(H,18,19)/t14-/m0/s1. The Balaban J connectivity index is 1.75. The molecule has 110 valence electrons. The molecular formula is C17H25NO2. The third-order valence-electron chi connectivity index (χ3n) is 3.99. The maximum atomic E-state index is 12.0. The summed E-state index contributed by atoms with van der Waals surface area (Å²) in [5.74, 6) is 1.38. The number of amides is 1. The van der Waals surface area contributed by atoms with Gasteiger partial charge in [-0.15, -0.1) is 0 Å². The molecule has 1 saturated carbocycles. The van der Waals surface area contributed by atoms with Crippen molar-refractivity contribution in [3.8, 4) is 5.75 Å². The van der Waals surface area contributed by atoms with Crippen molar-refractivity contribution in [3.63, 3.8) is 0 Å². The van der Waals surface area contributed by atoms with Crippen molar-refractivity contribution in [2.75, 3.05) is 6.54 Å². The summed E-state index contributed by atoms with van der Waals surface area (Å²) in [5, 5.41) is 3.02. The second-order valence-electron chi connectivity index (χ2n) is 5.82. The Morgan fingerprint density at radius 3 is 2.55 bits per heavy atom. The molecule has 1 amide bonds. The van der Waals surface area contributed by atoms with E-state index in [1.165, 1.54) is 37.7 Å². The van der Waals surface area contributed by atoms with E-state index in [-0.39, 0.29) is 5.91 Å². The number of hydrogen-bond acceptors (Lipinski definition) is 2. The van der Waals surface area contributed by atoms with Crippen molar-refractivity contribution < 1.29 is 9.53 Å². The number of benzene rings is 1. The molecule has 0 saturated heterocycles. The highest BCUT2D eigenvalue weighted by Gasteiger charge is 2.18. The molecule has 0 aliphatic heterocycles. The zero-order chi connectivity index (χ0) is 14.4. The van der Waals surface area contributed by atoms with Crippen molar-refractivity contribution in [1.82, 2.24) is 5.32 Å². The molecule has 1 aliphatic rings. The van der Waals surface area contributed by atoms with Gasteiger partial charge in [0.2, 0.25) is 0 Å². The minimum absolute atomic E-state index is 0.0175. The first-order chi connectivity index (χ1) is 9.65. The summed E-state index contributed by atoms with van der Waals surface area (Å²) in [4.78, 5) is 12.0. The summed E-state index contributed by atoms with van der Waals surface area (Å²) in [6.45, 7) is 4.63. The van der Waals surface area contributed by atoms with E-state index in [1.807, 2.05) is 31.2 Å². The zero-order valence-electron chi connectivity index (χ0n) is 12.5. The molecule has 1 atom stereocenters. The Hall–Kier alpha value is -1.51. The summed E-state index contributed by atoms with van der Waals surface area (Å²) < 4.78 is 5.66. The Morgan fingerprint density at radius 2 is 1.90 bits per heavy atom. The van der Waals surface area contributed by atoms with Gasteiger partial charge in [0, 0.05) is 6.54 Å².